The van der Waals surface area contributed by atoms with Crippen LogP contribution in [0.3, 0.4) is 0 Å². The van der Waals surface area contributed by atoms with Gasteiger partial charge >= 0.3 is 0 Å². The van der Waals surface area contributed by atoms with Crippen LogP contribution in [0.15, 0.2) is 12.1 Å². The van der Waals surface area contributed by atoms with Crippen molar-refractivity contribution in [1.82, 2.24) is 5.32 Å². The van der Waals surface area contributed by atoms with E-state index >= 15 is 0 Å². The third-order valence-electron chi connectivity index (χ3n) is 1.29. The summed E-state index contributed by atoms with van der Waals surface area (Å²) in [5, 5.41) is 11.7. The second-order valence-electron chi connectivity index (χ2n) is 2.26. The molecular weight excluding hydrogens is 170 g/mol. The third kappa shape index (κ3) is 2.67. The monoisotopic (exact) mass is 181 g/mol. The van der Waals surface area contributed by atoms with E-state index in [1.54, 1.807) is 0 Å². The molecule has 0 aromatic carbocycles. The standard InChI is InChI=1S/C9H11NOS/c1-10-6-2-3-8-4-5-9(7-11)12-8/h4-5,10-11H,6-7H2,1H3. The first-order valence-electron chi connectivity index (χ1n) is 3.70. The predicted molar refractivity (Wildman–Crippen MR) is 51.0 cm³/mol. The highest BCUT2D eigenvalue weighted by Crippen LogP contribution is 2.14. The fourth-order valence-corrected chi connectivity index (χ4v) is 1.49. The van der Waals surface area contributed by atoms with Crippen LogP contribution in [0.25, 0.3) is 0 Å². The van der Waals surface area contributed by atoms with E-state index in [-0.39, 0.29) is 6.61 Å². The van der Waals surface area contributed by atoms with Gasteiger partial charge in [-0.1, -0.05) is 11.8 Å². The molecule has 3 heteroatoms. The molecule has 0 aliphatic rings. The van der Waals surface area contributed by atoms with E-state index in [4.69, 9.17) is 5.11 Å². The Kier molecular flexibility index (Phi) is 3.81. The van der Waals surface area contributed by atoms with Gasteiger partial charge in [-0.15, -0.1) is 11.3 Å². The summed E-state index contributed by atoms with van der Waals surface area (Å²) < 4.78 is 0. The van der Waals surface area contributed by atoms with Crippen molar-refractivity contribution in [2.75, 3.05) is 13.6 Å². The first-order valence-corrected chi connectivity index (χ1v) is 4.51. The molecule has 0 saturated carbocycles. The minimum Gasteiger partial charge on any atom is -0.391 e. The molecule has 2 N–H and O–H groups in total. The van der Waals surface area contributed by atoms with Crippen LogP contribution in [0.5, 0.6) is 0 Å². The second kappa shape index (κ2) is 4.94. The molecule has 0 fully saturated rings. The molecule has 2 nitrogen and oxygen atoms in total. The van der Waals surface area contributed by atoms with E-state index in [1.165, 1.54) is 11.3 Å². The van der Waals surface area contributed by atoms with Crippen LogP contribution in [0, 0.1) is 11.8 Å². The summed E-state index contributed by atoms with van der Waals surface area (Å²) >= 11 is 1.53. The van der Waals surface area contributed by atoms with Gasteiger partial charge in [-0.25, -0.2) is 0 Å². The average Bonchev–Trinajstić information content (AvgIpc) is 2.53. The lowest BCUT2D eigenvalue weighted by atomic mass is 10.4. The Labute approximate surface area is 76.2 Å². The molecule has 0 radical (unpaired) electrons. The van der Waals surface area contributed by atoms with Gasteiger partial charge in [-0.05, 0) is 19.2 Å². The fourth-order valence-electron chi connectivity index (χ4n) is 0.750. The van der Waals surface area contributed by atoms with E-state index in [0.29, 0.717) is 6.54 Å². The van der Waals surface area contributed by atoms with Crippen LogP contribution in [-0.4, -0.2) is 18.7 Å². The lowest BCUT2D eigenvalue weighted by Crippen LogP contribution is -2.04. The lowest BCUT2D eigenvalue weighted by Gasteiger charge is -1.83. The lowest BCUT2D eigenvalue weighted by molar-refractivity contribution is 0.285. The summed E-state index contributed by atoms with van der Waals surface area (Å²) in [7, 11) is 1.86. The number of hydrogen-bond donors (Lipinski definition) is 2. The van der Waals surface area contributed by atoms with Gasteiger partial charge in [-0.3, -0.25) is 0 Å². The number of hydrogen-bond acceptors (Lipinski definition) is 3. The molecule has 0 amide bonds. The predicted octanol–water partition coefficient (Wildman–Crippen LogP) is 0.811. The quantitative estimate of drug-likeness (QED) is 0.662. The van der Waals surface area contributed by atoms with Crippen molar-refractivity contribution in [3.8, 4) is 11.8 Å². The van der Waals surface area contributed by atoms with Crippen molar-refractivity contribution in [1.29, 1.82) is 0 Å². The minimum absolute atomic E-state index is 0.109. The van der Waals surface area contributed by atoms with Crippen LogP contribution in [0.4, 0.5) is 0 Å². The summed E-state index contributed by atoms with van der Waals surface area (Å²) in [6, 6.07) is 3.83. The highest BCUT2D eigenvalue weighted by atomic mass is 32.1. The first-order chi connectivity index (χ1) is 5.86. The second-order valence-corrected chi connectivity index (χ2v) is 3.42. The maximum Gasteiger partial charge on any atom is 0.0774 e. The van der Waals surface area contributed by atoms with Gasteiger partial charge in [0.25, 0.3) is 0 Å². The molecule has 1 heterocycles. The van der Waals surface area contributed by atoms with Gasteiger partial charge in [0.2, 0.25) is 0 Å². The van der Waals surface area contributed by atoms with E-state index in [2.05, 4.69) is 17.2 Å². The maximum absolute atomic E-state index is 8.77. The van der Waals surface area contributed by atoms with Gasteiger partial charge in [0.15, 0.2) is 0 Å². The smallest absolute Gasteiger partial charge is 0.0774 e. The normalized spacial score (nSPS) is 9.17. The van der Waals surface area contributed by atoms with Crippen molar-refractivity contribution in [2.24, 2.45) is 0 Å². The summed E-state index contributed by atoms with van der Waals surface area (Å²) in [5.74, 6) is 5.95. The summed E-state index contributed by atoms with van der Waals surface area (Å²) in [4.78, 5) is 1.97. The Balaban J connectivity index is 2.59. The maximum atomic E-state index is 8.77. The van der Waals surface area contributed by atoms with E-state index in [9.17, 15) is 0 Å². The topological polar surface area (TPSA) is 32.3 Å². The van der Waals surface area contributed by atoms with Gasteiger partial charge in [0, 0.05) is 4.88 Å². The Morgan fingerprint density at radius 2 is 2.42 bits per heavy atom. The molecule has 64 valence electrons. The van der Waals surface area contributed by atoms with Gasteiger partial charge < -0.3 is 10.4 Å². The zero-order valence-corrected chi connectivity index (χ0v) is 7.74. The van der Waals surface area contributed by atoms with Crippen molar-refractivity contribution >= 4 is 11.3 Å². The fraction of sp³-hybridized carbons (Fsp3) is 0.333. The Hall–Kier alpha value is -0.820. The molecule has 0 atom stereocenters. The van der Waals surface area contributed by atoms with Crippen molar-refractivity contribution < 1.29 is 5.11 Å². The van der Waals surface area contributed by atoms with E-state index in [1.807, 2.05) is 19.2 Å². The van der Waals surface area contributed by atoms with Gasteiger partial charge in [-0.2, -0.15) is 0 Å². The Morgan fingerprint density at radius 1 is 1.58 bits per heavy atom. The summed E-state index contributed by atoms with van der Waals surface area (Å²) in [5.41, 5.74) is 0. The van der Waals surface area contributed by atoms with Crippen LogP contribution in [0.2, 0.25) is 0 Å². The molecule has 12 heavy (non-hydrogen) atoms. The molecule has 0 saturated heterocycles. The van der Waals surface area contributed by atoms with Crippen molar-refractivity contribution in [3.05, 3.63) is 21.9 Å². The largest absolute Gasteiger partial charge is 0.391 e. The van der Waals surface area contributed by atoms with Crippen LogP contribution >= 0.6 is 11.3 Å². The molecule has 0 spiro atoms. The molecule has 1 aromatic heterocycles. The van der Waals surface area contributed by atoms with Crippen LogP contribution in [-0.2, 0) is 6.61 Å². The molecular formula is C9H11NOS. The Bertz CT molecular complexity index is 295. The minimum atomic E-state index is 0.109. The van der Waals surface area contributed by atoms with Crippen LogP contribution in [0.1, 0.15) is 9.75 Å². The molecule has 0 aliphatic carbocycles. The van der Waals surface area contributed by atoms with Gasteiger partial charge in [0.1, 0.15) is 0 Å². The van der Waals surface area contributed by atoms with Gasteiger partial charge in [0.05, 0.1) is 18.0 Å². The highest BCUT2D eigenvalue weighted by molar-refractivity contribution is 7.12. The van der Waals surface area contributed by atoms with E-state index < -0.39 is 0 Å². The molecule has 0 unspecified atom stereocenters. The number of aliphatic hydroxyl groups is 1. The highest BCUT2D eigenvalue weighted by Gasteiger charge is 1.93. The van der Waals surface area contributed by atoms with Crippen LogP contribution < -0.4 is 5.32 Å². The molecule has 0 bridgehead atoms. The molecule has 0 aliphatic heterocycles. The summed E-state index contributed by atoms with van der Waals surface area (Å²) in [6.07, 6.45) is 0. The third-order valence-corrected chi connectivity index (χ3v) is 2.28. The summed E-state index contributed by atoms with van der Waals surface area (Å²) in [6.45, 7) is 0.810. The number of thiophene rings is 1. The van der Waals surface area contributed by atoms with Crippen molar-refractivity contribution in [2.45, 2.75) is 6.61 Å². The Morgan fingerprint density at radius 3 is 3.00 bits per heavy atom. The average molecular weight is 181 g/mol. The number of rotatable bonds is 2. The zero-order chi connectivity index (χ0) is 8.81. The molecule has 1 rings (SSSR count). The zero-order valence-electron chi connectivity index (χ0n) is 6.92. The first kappa shape index (κ1) is 9.27. The number of nitrogens with one attached hydrogen (secondary N) is 1. The SMILES string of the molecule is CNCC#Cc1ccc(CO)s1. The van der Waals surface area contributed by atoms with E-state index in [0.717, 1.165) is 9.75 Å². The molecule has 1 aromatic rings. The number of aliphatic hydroxyl groups excluding tert-OH is 1. The van der Waals surface area contributed by atoms with Crippen molar-refractivity contribution in [3.63, 3.8) is 0 Å².